The van der Waals surface area contributed by atoms with Gasteiger partial charge in [0.25, 0.3) is 0 Å². The molecule has 5 heteroatoms. The number of rotatable bonds is 3. The quantitative estimate of drug-likeness (QED) is 0.854. The average molecular weight is 289 g/mol. The smallest absolute Gasteiger partial charge is 0.226 e. The fraction of sp³-hybridized carbons (Fsp3) is 0.333. The van der Waals surface area contributed by atoms with Crippen molar-refractivity contribution >= 4 is 22.9 Å². The Morgan fingerprint density at radius 2 is 2.05 bits per heavy atom. The van der Waals surface area contributed by atoms with Gasteiger partial charge in [0.05, 0.1) is 12.1 Å². The molecule has 0 fully saturated rings. The van der Waals surface area contributed by atoms with Crippen LogP contribution in [0.25, 0.3) is 10.6 Å². The van der Waals surface area contributed by atoms with E-state index in [4.69, 9.17) is 5.73 Å². The van der Waals surface area contributed by atoms with Crippen LogP contribution in [0.1, 0.15) is 26.5 Å². The molecule has 1 heterocycles. The van der Waals surface area contributed by atoms with Crippen molar-refractivity contribution in [2.45, 2.75) is 32.7 Å². The fourth-order valence-corrected chi connectivity index (χ4v) is 2.70. The number of nitrogens with two attached hydrogens (primary N) is 1. The minimum atomic E-state index is -0.222. The van der Waals surface area contributed by atoms with Crippen molar-refractivity contribution in [3.05, 3.63) is 35.3 Å². The zero-order valence-electron chi connectivity index (χ0n) is 11.9. The molecule has 0 saturated carbocycles. The van der Waals surface area contributed by atoms with Crippen LogP contribution >= 0.6 is 11.3 Å². The number of hydrogen-bond acceptors (Lipinski definition) is 4. The van der Waals surface area contributed by atoms with Gasteiger partial charge in [-0.15, -0.1) is 11.3 Å². The van der Waals surface area contributed by atoms with Crippen molar-refractivity contribution in [1.29, 1.82) is 0 Å². The molecule has 0 aliphatic carbocycles. The molecule has 0 unspecified atom stereocenters. The molecule has 0 atom stereocenters. The summed E-state index contributed by atoms with van der Waals surface area (Å²) in [5.74, 6) is -0.0182. The standard InChI is InChI=1S/C15H19N3OS/c1-15(2,3)18-13(19)8-10-9-20-14(17-10)11-6-4-5-7-12(11)16/h4-7,9H,8,16H2,1-3H3,(H,18,19). The number of nitrogen functional groups attached to an aromatic ring is 1. The number of aromatic nitrogens is 1. The third kappa shape index (κ3) is 3.81. The van der Waals surface area contributed by atoms with Gasteiger partial charge in [-0.25, -0.2) is 4.98 Å². The van der Waals surface area contributed by atoms with E-state index >= 15 is 0 Å². The van der Waals surface area contributed by atoms with Gasteiger partial charge in [-0.1, -0.05) is 12.1 Å². The van der Waals surface area contributed by atoms with E-state index < -0.39 is 0 Å². The van der Waals surface area contributed by atoms with Gasteiger partial charge in [-0.05, 0) is 32.9 Å². The van der Waals surface area contributed by atoms with Crippen molar-refractivity contribution in [2.75, 3.05) is 5.73 Å². The number of hydrogen-bond donors (Lipinski definition) is 2. The molecule has 0 spiro atoms. The molecule has 3 N–H and O–H groups in total. The van der Waals surface area contributed by atoms with Crippen LogP contribution in [0.15, 0.2) is 29.6 Å². The Morgan fingerprint density at radius 3 is 2.70 bits per heavy atom. The summed E-state index contributed by atoms with van der Waals surface area (Å²) in [4.78, 5) is 16.4. The van der Waals surface area contributed by atoms with Crippen LogP contribution in [-0.4, -0.2) is 16.4 Å². The van der Waals surface area contributed by atoms with Crippen molar-refractivity contribution in [2.24, 2.45) is 0 Å². The van der Waals surface area contributed by atoms with Gasteiger partial charge in [-0.2, -0.15) is 0 Å². The minimum Gasteiger partial charge on any atom is -0.398 e. The first-order valence-corrected chi connectivity index (χ1v) is 7.33. The topological polar surface area (TPSA) is 68.0 Å². The van der Waals surface area contributed by atoms with E-state index in [9.17, 15) is 4.79 Å². The molecule has 106 valence electrons. The third-order valence-electron chi connectivity index (χ3n) is 2.60. The maximum absolute atomic E-state index is 11.9. The first-order chi connectivity index (χ1) is 9.35. The summed E-state index contributed by atoms with van der Waals surface area (Å²) in [5.41, 5.74) is 8.10. The minimum absolute atomic E-state index is 0.0182. The molecular formula is C15H19N3OS. The number of para-hydroxylation sites is 1. The summed E-state index contributed by atoms with van der Waals surface area (Å²) in [6.45, 7) is 5.88. The third-order valence-corrected chi connectivity index (χ3v) is 3.52. The van der Waals surface area contributed by atoms with Crippen LogP contribution in [0.3, 0.4) is 0 Å². The molecule has 4 nitrogen and oxygen atoms in total. The fourth-order valence-electron chi connectivity index (χ4n) is 1.83. The highest BCUT2D eigenvalue weighted by molar-refractivity contribution is 7.13. The lowest BCUT2D eigenvalue weighted by atomic mass is 10.1. The molecule has 2 rings (SSSR count). The van der Waals surface area contributed by atoms with Crippen LogP contribution < -0.4 is 11.1 Å². The Hall–Kier alpha value is -1.88. The summed E-state index contributed by atoms with van der Waals surface area (Å²) in [7, 11) is 0. The van der Waals surface area contributed by atoms with Crippen molar-refractivity contribution in [3.8, 4) is 10.6 Å². The van der Waals surface area contributed by atoms with E-state index in [1.165, 1.54) is 11.3 Å². The Balaban J connectivity index is 2.10. The highest BCUT2D eigenvalue weighted by Crippen LogP contribution is 2.28. The van der Waals surface area contributed by atoms with Gasteiger partial charge in [0.15, 0.2) is 0 Å². The molecule has 0 aliphatic rings. The predicted octanol–water partition coefficient (Wildman–Crippen LogP) is 2.85. The first kappa shape index (κ1) is 14.5. The lowest BCUT2D eigenvalue weighted by Crippen LogP contribution is -2.41. The van der Waals surface area contributed by atoms with Gasteiger partial charge in [0.2, 0.25) is 5.91 Å². The second-order valence-electron chi connectivity index (χ2n) is 5.71. The van der Waals surface area contributed by atoms with E-state index in [1.54, 1.807) is 0 Å². The average Bonchev–Trinajstić information content (AvgIpc) is 2.75. The van der Waals surface area contributed by atoms with Crippen LogP contribution in [0.4, 0.5) is 5.69 Å². The largest absolute Gasteiger partial charge is 0.398 e. The van der Waals surface area contributed by atoms with Crippen LogP contribution in [0.2, 0.25) is 0 Å². The van der Waals surface area contributed by atoms with Gasteiger partial charge < -0.3 is 11.1 Å². The molecule has 0 bridgehead atoms. The van der Waals surface area contributed by atoms with Crippen molar-refractivity contribution in [3.63, 3.8) is 0 Å². The molecule has 1 aromatic carbocycles. The summed E-state index contributed by atoms with van der Waals surface area (Å²) in [6, 6.07) is 7.61. The first-order valence-electron chi connectivity index (χ1n) is 6.45. The Morgan fingerprint density at radius 1 is 1.35 bits per heavy atom. The second kappa shape index (κ2) is 5.63. The van der Waals surface area contributed by atoms with E-state index in [1.807, 2.05) is 50.4 Å². The number of carbonyl (C=O) groups is 1. The van der Waals surface area contributed by atoms with E-state index in [-0.39, 0.29) is 11.4 Å². The summed E-state index contributed by atoms with van der Waals surface area (Å²) >= 11 is 1.51. The summed E-state index contributed by atoms with van der Waals surface area (Å²) in [6.07, 6.45) is 0.292. The number of carbonyl (C=O) groups excluding carboxylic acids is 1. The van der Waals surface area contributed by atoms with E-state index in [0.717, 1.165) is 16.3 Å². The predicted molar refractivity (Wildman–Crippen MR) is 83.6 cm³/mol. The molecule has 20 heavy (non-hydrogen) atoms. The van der Waals surface area contributed by atoms with Gasteiger partial charge in [-0.3, -0.25) is 4.79 Å². The normalized spacial score (nSPS) is 11.3. The van der Waals surface area contributed by atoms with Crippen LogP contribution in [-0.2, 0) is 11.2 Å². The second-order valence-corrected chi connectivity index (χ2v) is 6.56. The number of nitrogens with one attached hydrogen (secondary N) is 1. The molecule has 0 saturated heterocycles. The molecular weight excluding hydrogens is 270 g/mol. The zero-order chi connectivity index (χ0) is 14.8. The maximum Gasteiger partial charge on any atom is 0.226 e. The summed E-state index contributed by atoms with van der Waals surface area (Å²) in [5, 5.41) is 5.68. The van der Waals surface area contributed by atoms with Crippen molar-refractivity contribution < 1.29 is 4.79 Å². The van der Waals surface area contributed by atoms with E-state index in [2.05, 4.69) is 10.3 Å². The SMILES string of the molecule is CC(C)(C)NC(=O)Cc1csc(-c2ccccc2N)n1. The number of benzene rings is 1. The number of anilines is 1. The maximum atomic E-state index is 11.9. The molecule has 1 amide bonds. The number of nitrogens with zero attached hydrogens (tertiary/aromatic N) is 1. The number of thiazole rings is 1. The lowest BCUT2D eigenvalue weighted by molar-refractivity contribution is -0.121. The van der Waals surface area contributed by atoms with Crippen LogP contribution in [0, 0.1) is 0 Å². The Bertz CT molecular complexity index is 614. The highest BCUT2D eigenvalue weighted by atomic mass is 32.1. The zero-order valence-corrected chi connectivity index (χ0v) is 12.8. The summed E-state index contributed by atoms with van der Waals surface area (Å²) < 4.78 is 0. The molecule has 0 aliphatic heterocycles. The molecule has 2 aromatic rings. The monoisotopic (exact) mass is 289 g/mol. The van der Waals surface area contributed by atoms with Crippen molar-refractivity contribution in [1.82, 2.24) is 10.3 Å². The van der Waals surface area contributed by atoms with Gasteiger partial charge in [0, 0.05) is 22.2 Å². The molecule has 1 aromatic heterocycles. The highest BCUT2D eigenvalue weighted by Gasteiger charge is 2.15. The van der Waals surface area contributed by atoms with Gasteiger partial charge >= 0.3 is 0 Å². The Labute approximate surface area is 123 Å². The lowest BCUT2D eigenvalue weighted by Gasteiger charge is -2.20. The van der Waals surface area contributed by atoms with Crippen LogP contribution in [0.5, 0.6) is 0 Å². The number of amides is 1. The van der Waals surface area contributed by atoms with E-state index in [0.29, 0.717) is 12.1 Å². The molecule has 0 radical (unpaired) electrons. The Kier molecular flexibility index (Phi) is 4.09. The van der Waals surface area contributed by atoms with Gasteiger partial charge in [0.1, 0.15) is 5.01 Å².